The van der Waals surface area contributed by atoms with Gasteiger partial charge in [0.2, 0.25) is 0 Å². The monoisotopic (exact) mass is 225 g/mol. The SMILES string of the molecule is Cc1cccc(C)c1[C@@H](N)CC1CC1.Cl. The Kier molecular flexibility index (Phi) is 4.18. The lowest BCUT2D eigenvalue weighted by Gasteiger charge is -2.17. The fraction of sp³-hybridized carbons (Fsp3) is 0.538. The Morgan fingerprint density at radius 3 is 2.27 bits per heavy atom. The fourth-order valence-corrected chi connectivity index (χ4v) is 2.24. The van der Waals surface area contributed by atoms with Crippen molar-refractivity contribution in [1.29, 1.82) is 0 Å². The summed E-state index contributed by atoms with van der Waals surface area (Å²) in [5.74, 6) is 0.906. The van der Waals surface area contributed by atoms with Crippen molar-refractivity contribution in [3.63, 3.8) is 0 Å². The summed E-state index contributed by atoms with van der Waals surface area (Å²) in [6.07, 6.45) is 3.95. The second kappa shape index (κ2) is 5.00. The molecule has 1 aliphatic carbocycles. The quantitative estimate of drug-likeness (QED) is 0.837. The number of hydrogen-bond acceptors (Lipinski definition) is 1. The third-order valence-electron chi connectivity index (χ3n) is 3.20. The Labute approximate surface area is 98.5 Å². The minimum atomic E-state index is 0. The Hall–Kier alpha value is -0.530. The van der Waals surface area contributed by atoms with Gasteiger partial charge in [-0.15, -0.1) is 12.4 Å². The molecule has 1 aromatic rings. The van der Waals surface area contributed by atoms with Crippen molar-refractivity contribution in [1.82, 2.24) is 0 Å². The molecule has 0 amide bonds. The van der Waals surface area contributed by atoms with E-state index in [1.165, 1.54) is 36.0 Å². The molecule has 0 aliphatic heterocycles. The maximum absolute atomic E-state index is 6.24. The lowest BCUT2D eigenvalue weighted by Crippen LogP contribution is -2.13. The highest BCUT2D eigenvalue weighted by Crippen LogP contribution is 2.37. The van der Waals surface area contributed by atoms with E-state index >= 15 is 0 Å². The predicted molar refractivity (Wildman–Crippen MR) is 67.4 cm³/mol. The summed E-state index contributed by atoms with van der Waals surface area (Å²) in [5, 5.41) is 0. The van der Waals surface area contributed by atoms with Crippen LogP contribution in [0.4, 0.5) is 0 Å². The van der Waals surface area contributed by atoms with Crippen molar-refractivity contribution >= 4 is 12.4 Å². The van der Waals surface area contributed by atoms with Gasteiger partial charge in [0.05, 0.1) is 0 Å². The molecule has 1 saturated carbocycles. The molecule has 15 heavy (non-hydrogen) atoms. The topological polar surface area (TPSA) is 26.0 Å². The van der Waals surface area contributed by atoms with E-state index in [1.807, 2.05) is 0 Å². The van der Waals surface area contributed by atoms with Crippen LogP contribution in [0, 0.1) is 19.8 Å². The highest BCUT2D eigenvalue weighted by atomic mass is 35.5. The summed E-state index contributed by atoms with van der Waals surface area (Å²) >= 11 is 0. The third kappa shape index (κ3) is 2.96. The number of hydrogen-bond donors (Lipinski definition) is 1. The number of benzene rings is 1. The Morgan fingerprint density at radius 1 is 1.27 bits per heavy atom. The van der Waals surface area contributed by atoms with Gasteiger partial charge in [0.15, 0.2) is 0 Å². The number of halogens is 1. The van der Waals surface area contributed by atoms with Gasteiger partial charge in [0.25, 0.3) is 0 Å². The van der Waals surface area contributed by atoms with Crippen LogP contribution in [0.5, 0.6) is 0 Å². The number of aryl methyl sites for hydroxylation is 2. The van der Waals surface area contributed by atoms with Gasteiger partial charge < -0.3 is 5.73 Å². The first kappa shape index (κ1) is 12.5. The Bertz CT molecular complexity index is 311. The fourth-order valence-electron chi connectivity index (χ4n) is 2.24. The van der Waals surface area contributed by atoms with Gasteiger partial charge in [-0.3, -0.25) is 0 Å². The predicted octanol–water partition coefficient (Wildman–Crippen LogP) is 3.53. The van der Waals surface area contributed by atoms with Crippen LogP contribution >= 0.6 is 12.4 Å². The molecule has 0 bridgehead atoms. The summed E-state index contributed by atoms with van der Waals surface area (Å²) in [6.45, 7) is 4.32. The molecule has 1 atom stereocenters. The van der Waals surface area contributed by atoms with E-state index in [4.69, 9.17) is 5.73 Å². The zero-order valence-electron chi connectivity index (χ0n) is 9.49. The van der Waals surface area contributed by atoms with Crippen molar-refractivity contribution < 1.29 is 0 Å². The van der Waals surface area contributed by atoms with Crippen LogP contribution < -0.4 is 5.73 Å². The molecule has 2 heteroatoms. The molecule has 1 nitrogen and oxygen atoms in total. The van der Waals surface area contributed by atoms with Crippen LogP contribution in [0.1, 0.15) is 42.0 Å². The van der Waals surface area contributed by atoms with E-state index in [0.29, 0.717) is 0 Å². The average Bonchev–Trinajstić information content (AvgIpc) is 2.87. The van der Waals surface area contributed by atoms with Crippen molar-refractivity contribution in [2.75, 3.05) is 0 Å². The van der Waals surface area contributed by atoms with Gasteiger partial charge in [0.1, 0.15) is 0 Å². The summed E-state index contributed by atoms with van der Waals surface area (Å²) < 4.78 is 0. The highest BCUT2D eigenvalue weighted by Gasteiger charge is 2.25. The normalized spacial score (nSPS) is 17.0. The molecule has 1 aliphatic rings. The molecule has 84 valence electrons. The maximum atomic E-state index is 6.24. The lowest BCUT2D eigenvalue weighted by atomic mass is 9.93. The smallest absolute Gasteiger partial charge is 0.0302 e. The summed E-state index contributed by atoms with van der Waals surface area (Å²) in [5.41, 5.74) is 10.3. The second-order valence-electron chi connectivity index (χ2n) is 4.59. The van der Waals surface area contributed by atoms with E-state index in [9.17, 15) is 0 Å². The van der Waals surface area contributed by atoms with Crippen molar-refractivity contribution in [3.05, 3.63) is 34.9 Å². The van der Waals surface area contributed by atoms with Gasteiger partial charge >= 0.3 is 0 Å². The molecule has 0 saturated heterocycles. The molecule has 0 spiro atoms. The molecular formula is C13H20ClN. The van der Waals surface area contributed by atoms with Crippen LogP contribution in [0.2, 0.25) is 0 Å². The molecule has 0 aromatic heterocycles. The molecule has 2 N–H and O–H groups in total. The zero-order valence-corrected chi connectivity index (χ0v) is 10.3. The van der Waals surface area contributed by atoms with Crippen LogP contribution in [-0.4, -0.2) is 0 Å². The Morgan fingerprint density at radius 2 is 1.80 bits per heavy atom. The average molecular weight is 226 g/mol. The van der Waals surface area contributed by atoms with Crippen LogP contribution in [0.15, 0.2) is 18.2 Å². The molecule has 0 heterocycles. The Balaban J connectivity index is 0.00000112. The lowest BCUT2D eigenvalue weighted by molar-refractivity contribution is 0.592. The number of rotatable bonds is 3. The standard InChI is InChI=1S/C13H19N.ClH/c1-9-4-3-5-10(2)13(9)12(14)8-11-6-7-11;/h3-5,11-12H,6-8,14H2,1-2H3;1H/t12-;/m0./s1. The third-order valence-corrected chi connectivity index (χ3v) is 3.20. The highest BCUT2D eigenvalue weighted by molar-refractivity contribution is 5.85. The minimum absolute atomic E-state index is 0. The van der Waals surface area contributed by atoms with E-state index in [1.54, 1.807) is 0 Å². The van der Waals surface area contributed by atoms with Crippen LogP contribution in [0.25, 0.3) is 0 Å². The van der Waals surface area contributed by atoms with Crippen molar-refractivity contribution in [3.8, 4) is 0 Å². The van der Waals surface area contributed by atoms with Gasteiger partial charge in [-0.1, -0.05) is 31.0 Å². The molecule has 2 rings (SSSR count). The van der Waals surface area contributed by atoms with Crippen molar-refractivity contribution in [2.45, 2.75) is 39.2 Å². The van der Waals surface area contributed by atoms with Crippen molar-refractivity contribution in [2.24, 2.45) is 11.7 Å². The summed E-state index contributed by atoms with van der Waals surface area (Å²) in [7, 11) is 0. The molecule has 1 aromatic carbocycles. The van der Waals surface area contributed by atoms with Gasteiger partial charge in [0, 0.05) is 6.04 Å². The molecule has 0 unspecified atom stereocenters. The maximum Gasteiger partial charge on any atom is 0.0302 e. The van der Waals surface area contributed by atoms with Crippen LogP contribution in [0.3, 0.4) is 0 Å². The van der Waals surface area contributed by atoms with E-state index < -0.39 is 0 Å². The van der Waals surface area contributed by atoms with E-state index in [-0.39, 0.29) is 18.4 Å². The van der Waals surface area contributed by atoms with Gasteiger partial charge in [-0.25, -0.2) is 0 Å². The summed E-state index contributed by atoms with van der Waals surface area (Å²) in [4.78, 5) is 0. The summed E-state index contributed by atoms with van der Waals surface area (Å²) in [6, 6.07) is 6.69. The van der Waals surface area contributed by atoms with Crippen LogP contribution in [-0.2, 0) is 0 Å². The number of nitrogens with two attached hydrogens (primary N) is 1. The largest absolute Gasteiger partial charge is 0.324 e. The minimum Gasteiger partial charge on any atom is -0.324 e. The molecule has 0 radical (unpaired) electrons. The first-order valence-corrected chi connectivity index (χ1v) is 5.50. The van der Waals surface area contributed by atoms with E-state index in [2.05, 4.69) is 32.0 Å². The first-order valence-electron chi connectivity index (χ1n) is 5.50. The van der Waals surface area contributed by atoms with Gasteiger partial charge in [-0.05, 0) is 42.9 Å². The van der Waals surface area contributed by atoms with E-state index in [0.717, 1.165) is 5.92 Å². The second-order valence-corrected chi connectivity index (χ2v) is 4.59. The molecular weight excluding hydrogens is 206 g/mol. The molecule has 1 fully saturated rings. The van der Waals surface area contributed by atoms with Gasteiger partial charge in [-0.2, -0.15) is 0 Å². The first-order chi connectivity index (χ1) is 6.68. The zero-order chi connectivity index (χ0) is 10.1.